The zero-order chi connectivity index (χ0) is 21.2. The van der Waals surface area contributed by atoms with Crippen LogP contribution in [-0.4, -0.2) is 43.3 Å². The lowest BCUT2D eigenvalue weighted by molar-refractivity contribution is -0.274. The van der Waals surface area contributed by atoms with Crippen molar-refractivity contribution in [3.05, 3.63) is 24.3 Å². The molecule has 1 aromatic rings. The Morgan fingerprint density at radius 1 is 1.24 bits per heavy atom. The summed E-state index contributed by atoms with van der Waals surface area (Å²) in [7, 11) is -3.41. The number of alkyl halides is 3. The summed E-state index contributed by atoms with van der Waals surface area (Å²) in [4.78, 5) is 12.8. The summed E-state index contributed by atoms with van der Waals surface area (Å²) in [6.07, 6.45) is -1.26. The van der Waals surface area contributed by atoms with Gasteiger partial charge in [0.25, 0.3) is 0 Å². The van der Waals surface area contributed by atoms with E-state index in [0.29, 0.717) is 31.5 Å². The summed E-state index contributed by atoms with van der Waals surface area (Å²) >= 11 is 0. The minimum absolute atomic E-state index is 0.0850. The fraction of sp³-hybridized carbons (Fsp3) is 0.632. The van der Waals surface area contributed by atoms with Crippen LogP contribution in [0.4, 0.5) is 18.9 Å². The number of fused-ring (bicyclic) bond motifs is 3. The Morgan fingerprint density at radius 2 is 1.93 bits per heavy atom. The third-order valence-electron chi connectivity index (χ3n) is 5.54. The molecule has 3 atom stereocenters. The highest BCUT2D eigenvalue weighted by Gasteiger charge is 2.48. The van der Waals surface area contributed by atoms with E-state index >= 15 is 0 Å². The van der Waals surface area contributed by atoms with Gasteiger partial charge >= 0.3 is 6.36 Å². The molecule has 1 N–H and O–H groups in total. The minimum Gasteiger partial charge on any atom is -0.406 e. The van der Waals surface area contributed by atoms with E-state index in [2.05, 4.69) is 10.1 Å². The van der Waals surface area contributed by atoms with Crippen LogP contribution in [0.25, 0.3) is 0 Å². The van der Waals surface area contributed by atoms with E-state index < -0.39 is 22.3 Å². The number of rotatable bonds is 7. The second-order valence-corrected chi connectivity index (χ2v) is 9.69. The maximum absolute atomic E-state index is 12.8. The van der Waals surface area contributed by atoms with E-state index in [-0.39, 0.29) is 29.4 Å². The first-order valence-corrected chi connectivity index (χ1v) is 11.4. The zero-order valence-electron chi connectivity index (χ0n) is 16.1. The van der Waals surface area contributed by atoms with Crippen molar-refractivity contribution < 1.29 is 31.1 Å². The number of ether oxygens (including phenoxy) is 1. The van der Waals surface area contributed by atoms with Crippen molar-refractivity contribution in [2.45, 2.75) is 51.4 Å². The number of carbonyl (C=O) groups is 1. The Morgan fingerprint density at radius 3 is 2.52 bits per heavy atom. The minimum atomic E-state index is -4.78. The number of amides is 1. The molecule has 3 fully saturated rings. The Labute approximate surface area is 168 Å². The molecule has 10 heteroatoms. The number of anilines is 1. The van der Waals surface area contributed by atoms with Gasteiger partial charge in [-0.2, -0.15) is 4.31 Å². The van der Waals surface area contributed by atoms with E-state index in [1.807, 2.05) is 6.92 Å². The third-order valence-corrected chi connectivity index (χ3v) is 7.47. The van der Waals surface area contributed by atoms with Crippen LogP contribution in [0.2, 0.25) is 0 Å². The Hall–Kier alpha value is -1.81. The molecule has 2 aliphatic heterocycles. The molecule has 2 saturated heterocycles. The maximum Gasteiger partial charge on any atom is 0.573 e. The topological polar surface area (TPSA) is 75.7 Å². The molecule has 0 unspecified atom stereocenters. The first-order valence-electron chi connectivity index (χ1n) is 9.75. The Balaban J connectivity index is 1.68. The van der Waals surface area contributed by atoms with Crippen LogP contribution in [0.3, 0.4) is 0 Å². The molecule has 0 radical (unpaired) electrons. The van der Waals surface area contributed by atoms with Gasteiger partial charge in [-0.1, -0.05) is 13.3 Å². The van der Waals surface area contributed by atoms with Crippen molar-refractivity contribution in [1.29, 1.82) is 0 Å². The number of carbonyl (C=O) groups excluding carboxylic acids is 1. The quantitative estimate of drug-likeness (QED) is 0.709. The van der Waals surface area contributed by atoms with Crippen LogP contribution in [0.5, 0.6) is 5.75 Å². The standard InChI is InChI=1S/C19H25F3N2O4S/c1-2-3-10-29(26,27)24-12-13-4-9-17(24)16(11-13)18(25)23-14-5-7-15(8-6-14)28-19(20,21)22/h5-8,13,16-17H,2-4,9-12H2,1H3,(H,23,25)/t13-,16+,17+/m0/s1. The van der Waals surface area contributed by atoms with Crippen molar-refractivity contribution in [2.24, 2.45) is 11.8 Å². The normalized spacial score (nSPS) is 25.0. The molecule has 2 heterocycles. The highest BCUT2D eigenvalue weighted by atomic mass is 32.2. The van der Waals surface area contributed by atoms with Crippen LogP contribution in [0, 0.1) is 11.8 Å². The van der Waals surface area contributed by atoms with Crippen LogP contribution >= 0.6 is 0 Å². The molecular formula is C19H25F3N2O4S. The number of sulfonamides is 1. The van der Waals surface area contributed by atoms with Gasteiger partial charge in [-0.3, -0.25) is 4.79 Å². The van der Waals surface area contributed by atoms with E-state index in [1.54, 1.807) is 0 Å². The zero-order valence-corrected chi connectivity index (χ0v) is 16.9. The van der Waals surface area contributed by atoms with Gasteiger partial charge in [0.15, 0.2) is 0 Å². The number of hydrogen-bond acceptors (Lipinski definition) is 4. The average Bonchev–Trinajstić information content (AvgIpc) is 2.67. The lowest BCUT2D eigenvalue weighted by Gasteiger charge is -2.48. The predicted octanol–water partition coefficient (Wildman–Crippen LogP) is 3.75. The fourth-order valence-corrected chi connectivity index (χ4v) is 6.15. The summed E-state index contributed by atoms with van der Waals surface area (Å²) < 4.78 is 67.5. The summed E-state index contributed by atoms with van der Waals surface area (Å²) in [6.45, 7) is 2.39. The molecule has 29 heavy (non-hydrogen) atoms. The lowest BCUT2D eigenvalue weighted by Crippen LogP contribution is -2.58. The Bertz CT molecular complexity index is 827. The highest BCUT2D eigenvalue weighted by Crippen LogP contribution is 2.41. The van der Waals surface area contributed by atoms with Crippen LogP contribution in [0.15, 0.2) is 24.3 Å². The summed E-state index contributed by atoms with van der Waals surface area (Å²) in [5, 5.41) is 2.70. The summed E-state index contributed by atoms with van der Waals surface area (Å²) in [5.74, 6) is -0.915. The van der Waals surface area contributed by atoms with Gasteiger partial charge in [0.1, 0.15) is 5.75 Å². The summed E-state index contributed by atoms with van der Waals surface area (Å²) in [5.41, 5.74) is 0.339. The molecule has 1 aliphatic carbocycles. The van der Waals surface area contributed by atoms with Gasteiger partial charge in [-0.05, 0) is 55.9 Å². The maximum atomic E-state index is 12.8. The van der Waals surface area contributed by atoms with Crippen molar-refractivity contribution in [1.82, 2.24) is 4.31 Å². The van der Waals surface area contributed by atoms with Gasteiger partial charge in [-0.25, -0.2) is 8.42 Å². The largest absolute Gasteiger partial charge is 0.573 e. The van der Waals surface area contributed by atoms with Gasteiger partial charge in [0.2, 0.25) is 15.9 Å². The molecule has 162 valence electrons. The molecule has 1 saturated carbocycles. The molecule has 3 aliphatic rings. The number of unbranched alkanes of at least 4 members (excludes halogenated alkanes) is 1. The molecule has 0 spiro atoms. The first kappa shape index (κ1) is 21.9. The van der Waals surface area contributed by atoms with E-state index in [9.17, 15) is 26.4 Å². The molecule has 1 amide bonds. The van der Waals surface area contributed by atoms with Crippen LogP contribution in [-0.2, 0) is 14.8 Å². The molecule has 4 rings (SSSR count). The van der Waals surface area contributed by atoms with Crippen molar-refractivity contribution >= 4 is 21.6 Å². The second-order valence-electron chi connectivity index (χ2n) is 7.65. The monoisotopic (exact) mass is 434 g/mol. The number of nitrogens with one attached hydrogen (secondary N) is 1. The van der Waals surface area contributed by atoms with Gasteiger partial charge in [-0.15, -0.1) is 13.2 Å². The third kappa shape index (κ3) is 5.42. The lowest BCUT2D eigenvalue weighted by atomic mass is 9.73. The molecule has 0 aromatic heterocycles. The van der Waals surface area contributed by atoms with E-state index in [4.69, 9.17) is 0 Å². The van der Waals surface area contributed by atoms with E-state index in [1.165, 1.54) is 16.4 Å². The molecule has 2 bridgehead atoms. The fourth-order valence-electron chi connectivity index (χ4n) is 4.16. The Kier molecular flexibility index (Phi) is 6.42. The molecule has 6 nitrogen and oxygen atoms in total. The number of hydrogen-bond donors (Lipinski definition) is 1. The SMILES string of the molecule is CCCCS(=O)(=O)N1C[C@H]2CC[C@@H]1[C@H](C(=O)Nc1ccc(OC(F)(F)F)cc1)C2. The van der Waals surface area contributed by atoms with Gasteiger partial charge in [0.05, 0.1) is 11.7 Å². The number of benzene rings is 1. The summed E-state index contributed by atoms with van der Waals surface area (Å²) in [6, 6.07) is 4.54. The van der Waals surface area contributed by atoms with Crippen molar-refractivity contribution in [3.8, 4) is 5.75 Å². The first-order chi connectivity index (χ1) is 13.6. The molecular weight excluding hydrogens is 409 g/mol. The number of nitrogens with zero attached hydrogens (tertiary/aromatic N) is 1. The number of piperidine rings is 2. The smallest absolute Gasteiger partial charge is 0.406 e. The van der Waals surface area contributed by atoms with Gasteiger partial charge in [0, 0.05) is 18.3 Å². The van der Waals surface area contributed by atoms with E-state index in [0.717, 1.165) is 25.0 Å². The van der Waals surface area contributed by atoms with Crippen LogP contribution in [0.1, 0.15) is 39.0 Å². The van der Waals surface area contributed by atoms with Crippen LogP contribution < -0.4 is 10.1 Å². The molecule has 1 aromatic carbocycles. The van der Waals surface area contributed by atoms with Gasteiger partial charge < -0.3 is 10.1 Å². The van der Waals surface area contributed by atoms with Crippen molar-refractivity contribution in [2.75, 3.05) is 17.6 Å². The predicted molar refractivity (Wildman–Crippen MR) is 102 cm³/mol. The average molecular weight is 434 g/mol. The second kappa shape index (κ2) is 8.51. The number of halogens is 3. The van der Waals surface area contributed by atoms with Crippen molar-refractivity contribution in [3.63, 3.8) is 0 Å². The highest BCUT2D eigenvalue weighted by molar-refractivity contribution is 7.89.